The number of hydrogen-bond acceptors (Lipinski definition) is 4. The molecule has 0 saturated heterocycles. The molecule has 0 spiro atoms. The lowest BCUT2D eigenvalue weighted by molar-refractivity contribution is 0.0526. The van der Waals surface area contributed by atoms with Crippen LogP contribution in [0.25, 0.3) is 0 Å². The normalized spacial score (nSPS) is 9.96. The number of esters is 1. The van der Waals surface area contributed by atoms with Crippen molar-refractivity contribution in [3.05, 3.63) is 63.1 Å². The molecule has 26 heavy (non-hydrogen) atoms. The van der Waals surface area contributed by atoms with Crippen LogP contribution in [0.5, 0.6) is 0 Å². The number of carbonyl (C=O) groups excluding carboxylic acids is 2. The van der Waals surface area contributed by atoms with E-state index in [9.17, 15) is 9.59 Å². The topological polar surface area (TPSA) is 79.5 Å². The lowest BCUT2D eigenvalue weighted by atomic mass is 10.2. The van der Waals surface area contributed by atoms with E-state index < -0.39 is 11.9 Å². The Kier molecular flexibility index (Phi) is 7.38. The van der Waals surface area contributed by atoms with Crippen molar-refractivity contribution in [3.63, 3.8) is 0 Å². The van der Waals surface area contributed by atoms with Crippen LogP contribution < -0.4 is 16.2 Å². The fourth-order valence-corrected chi connectivity index (χ4v) is 2.65. The molecule has 6 nitrogen and oxygen atoms in total. The first-order chi connectivity index (χ1) is 12.4. The minimum Gasteiger partial charge on any atom is -0.462 e. The van der Waals surface area contributed by atoms with Gasteiger partial charge in [-0.25, -0.2) is 4.79 Å². The molecule has 0 radical (unpaired) electrons. The number of anilines is 1. The van der Waals surface area contributed by atoms with Crippen LogP contribution in [0.1, 0.15) is 27.6 Å². The van der Waals surface area contributed by atoms with Gasteiger partial charge in [-0.1, -0.05) is 27.5 Å². The number of hydrogen-bond donors (Lipinski definition) is 3. The average molecular weight is 457 g/mol. The second-order valence-corrected chi connectivity index (χ2v) is 6.69. The zero-order chi connectivity index (χ0) is 19.1. The molecular weight excluding hydrogens is 442 g/mol. The van der Waals surface area contributed by atoms with E-state index in [0.29, 0.717) is 28.4 Å². The van der Waals surface area contributed by atoms with Crippen LogP contribution >= 0.6 is 39.7 Å². The first kappa shape index (κ1) is 20.2. The number of amides is 1. The fraction of sp³-hybridized carbons (Fsp3) is 0.118. The van der Waals surface area contributed by atoms with Crippen molar-refractivity contribution in [1.29, 1.82) is 0 Å². The molecule has 2 rings (SSSR count). The van der Waals surface area contributed by atoms with Crippen molar-refractivity contribution in [2.75, 3.05) is 11.9 Å². The van der Waals surface area contributed by atoms with Gasteiger partial charge in [-0.15, -0.1) is 0 Å². The van der Waals surface area contributed by atoms with Crippen LogP contribution in [0.15, 0.2) is 46.9 Å². The number of rotatable bonds is 4. The molecule has 2 aromatic rings. The molecule has 0 bridgehead atoms. The van der Waals surface area contributed by atoms with Crippen LogP contribution in [0.3, 0.4) is 0 Å². The van der Waals surface area contributed by atoms with Crippen LogP contribution in [0.2, 0.25) is 5.02 Å². The summed E-state index contributed by atoms with van der Waals surface area (Å²) >= 11 is 14.4. The highest BCUT2D eigenvalue weighted by atomic mass is 79.9. The van der Waals surface area contributed by atoms with Gasteiger partial charge in [0, 0.05) is 10.2 Å². The van der Waals surface area contributed by atoms with E-state index in [1.54, 1.807) is 49.4 Å². The first-order valence-electron chi connectivity index (χ1n) is 7.50. The summed E-state index contributed by atoms with van der Waals surface area (Å²) in [5.74, 6) is -0.823. The summed E-state index contributed by atoms with van der Waals surface area (Å²) in [7, 11) is 0. The Balaban J connectivity index is 1.89. The third-order valence-electron chi connectivity index (χ3n) is 3.12. The minimum atomic E-state index is -0.432. The molecule has 0 aliphatic carbocycles. The van der Waals surface area contributed by atoms with Crippen molar-refractivity contribution in [2.24, 2.45) is 0 Å². The molecule has 0 saturated carbocycles. The number of thiocarbonyl (C=S) groups is 1. The zero-order valence-corrected chi connectivity index (χ0v) is 16.8. The molecule has 9 heteroatoms. The van der Waals surface area contributed by atoms with Crippen LogP contribution in [0.4, 0.5) is 5.69 Å². The van der Waals surface area contributed by atoms with E-state index in [2.05, 4.69) is 32.1 Å². The maximum Gasteiger partial charge on any atom is 0.338 e. The van der Waals surface area contributed by atoms with Crippen LogP contribution in [-0.4, -0.2) is 23.6 Å². The number of hydrazine groups is 1. The average Bonchev–Trinajstić information content (AvgIpc) is 2.62. The molecular formula is C17H15BrClN3O3S. The first-order valence-corrected chi connectivity index (χ1v) is 9.08. The highest BCUT2D eigenvalue weighted by Crippen LogP contribution is 2.20. The number of halogens is 2. The summed E-state index contributed by atoms with van der Waals surface area (Å²) in [5.41, 5.74) is 6.43. The molecule has 0 aromatic heterocycles. The van der Waals surface area contributed by atoms with E-state index in [4.69, 9.17) is 28.6 Å². The second kappa shape index (κ2) is 9.51. The van der Waals surface area contributed by atoms with Gasteiger partial charge in [0.05, 0.1) is 22.8 Å². The predicted octanol–water partition coefficient (Wildman–Crippen LogP) is 3.91. The van der Waals surface area contributed by atoms with E-state index in [-0.39, 0.29) is 5.11 Å². The minimum absolute atomic E-state index is 0.174. The molecule has 0 atom stereocenters. The van der Waals surface area contributed by atoms with E-state index in [1.807, 2.05) is 0 Å². The van der Waals surface area contributed by atoms with Gasteiger partial charge in [0.1, 0.15) is 0 Å². The van der Waals surface area contributed by atoms with Crippen molar-refractivity contribution in [2.45, 2.75) is 6.92 Å². The van der Waals surface area contributed by atoms with Gasteiger partial charge in [-0.05, 0) is 61.6 Å². The zero-order valence-electron chi connectivity index (χ0n) is 13.6. The van der Waals surface area contributed by atoms with Crippen LogP contribution in [-0.2, 0) is 4.74 Å². The van der Waals surface area contributed by atoms with Crippen molar-refractivity contribution >= 4 is 62.4 Å². The van der Waals surface area contributed by atoms with E-state index >= 15 is 0 Å². The van der Waals surface area contributed by atoms with Crippen LogP contribution in [0, 0.1) is 0 Å². The standard InChI is InChI=1S/C17H15BrClN3O3S/c1-2-25-16(24)10-3-6-12(7-4-10)20-17(26)22-21-15(23)13-9-11(18)5-8-14(13)19/h3-9H,2H2,1H3,(H,21,23)(H2,20,22,26). The van der Waals surface area contributed by atoms with E-state index in [1.165, 1.54) is 0 Å². The molecule has 0 heterocycles. The third kappa shape index (κ3) is 5.69. The second-order valence-electron chi connectivity index (χ2n) is 4.96. The summed E-state index contributed by atoms with van der Waals surface area (Å²) < 4.78 is 5.65. The molecule has 0 unspecified atom stereocenters. The quantitative estimate of drug-likeness (QED) is 0.368. The largest absolute Gasteiger partial charge is 0.462 e. The molecule has 0 fully saturated rings. The molecule has 0 aliphatic heterocycles. The Morgan fingerprint density at radius 2 is 1.85 bits per heavy atom. The number of nitrogens with one attached hydrogen (secondary N) is 3. The number of benzene rings is 2. The van der Waals surface area contributed by atoms with Gasteiger partial charge < -0.3 is 10.1 Å². The maximum atomic E-state index is 12.1. The Bertz CT molecular complexity index is 831. The molecule has 0 aliphatic rings. The highest BCUT2D eigenvalue weighted by Gasteiger charge is 2.11. The SMILES string of the molecule is CCOC(=O)c1ccc(NC(=S)NNC(=O)c2cc(Br)ccc2Cl)cc1. The summed E-state index contributed by atoms with van der Waals surface area (Å²) in [5, 5.41) is 3.38. The van der Waals surface area contributed by atoms with Crippen molar-refractivity contribution in [1.82, 2.24) is 10.9 Å². The Labute approximate surface area is 169 Å². The monoisotopic (exact) mass is 455 g/mol. The summed E-state index contributed by atoms with van der Waals surface area (Å²) in [6, 6.07) is 11.5. The molecule has 3 N–H and O–H groups in total. The molecule has 136 valence electrons. The third-order valence-corrected chi connectivity index (χ3v) is 4.14. The predicted molar refractivity (Wildman–Crippen MR) is 108 cm³/mol. The van der Waals surface area contributed by atoms with Crippen molar-refractivity contribution < 1.29 is 14.3 Å². The van der Waals surface area contributed by atoms with E-state index in [0.717, 1.165) is 4.47 Å². The van der Waals surface area contributed by atoms with Gasteiger partial charge >= 0.3 is 5.97 Å². The summed E-state index contributed by atoms with van der Waals surface area (Å²) in [6.07, 6.45) is 0. The van der Waals surface area contributed by atoms with Gasteiger partial charge in [0.15, 0.2) is 5.11 Å². The smallest absolute Gasteiger partial charge is 0.338 e. The summed E-state index contributed by atoms with van der Waals surface area (Å²) in [6.45, 7) is 2.06. The maximum absolute atomic E-state index is 12.1. The fourth-order valence-electron chi connectivity index (χ4n) is 1.92. The Morgan fingerprint density at radius 1 is 1.15 bits per heavy atom. The Morgan fingerprint density at radius 3 is 2.50 bits per heavy atom. The lowest BCUT2D eigenvalue weighted by Crippen LogP contribution is -2.43. The Hall–Kier alpha value is -2.16. The molecule has 1 amide bonds. The van der Waals surface area contributed by atoms with Gasteiger partial charge in [-0.3, -0.25) is 15.6 Å². The van der Waals surface area contributed by atoms with Crippen molar-refractivity contribution in [3.8, 4) is 0 Å². The number of ether oxygens (including phenoxy) is 1. The molecule has 2 aromatic carbocycles. The van der Waals surface area contributed by atoms with Gasteiger partial charge in [0.2, 0.25) is 0 Å². The highest BCUT2D eigenvalue weighted by molar-refractivity contribution is 9.10. The lowest BCUT2D eigenvalue weighted by Gasteiger charge is -2.12. The van der Waals surface area contributed by atoms with Gasteiger partial charge in [-0.2, -0.15) is 0 Å². The number of carbonyl (C=O) groups is 2. The van der Waals surface area contributed by atoms with Gasteiger partial charge in [0.25, 0.3) is 5.91 Å². The summed E-state index contributed by atoms with van der Waals surface area (Å²) in [4.78, 5) is 23.7.